The summed E-state index contributed by atoms with van der Waals surface area (Å²) in [6.07, 6.45) is 1.65. The van der Waals surface area contributed by atoms with E-state index in [9.17, 15) is 4.79 Å². The Labute approximate surface area is 99.9 Å². The van der Waals surface area contributed by atoms with Gasteiger partial charge in [0, 0.05) is 18.1 Å². The lowest BCUT2D eigenvalue weighted by molar-refractivity contribution is 0.465. The second-order valence-corrected chi connectivity index (χ2v) is 4.64. The van der Waals surface area contributed by atoms with Crippen LogP contribution in [0, 0.1) is 6.92 Å². The van der Waals surface area contributed by atoms with Crippen LogP contribution < -0.4 is 5.43 Å². The predicted octanol–water partition coefficient (Wildman–Crippen LogP) is 2.83. The first-order valence-electron chi connectivity index (χ1n) is 5.91. The average molecular weight is 226 g/mol. The molecule has 0 bridgehead atoms. The van der Waals surface area contributed by atoms with Gasteiger partial charge in [0.2, 0.25) is 0 Å². The third-order valence-corrected chi connectivity index (χ3v) is 3.41. The second-order valence-electron chi connectivity index (χ2n) is 4.64. The van der Waals surface area contributed by atoms with Crippen molar-refractivity contribution in [1.82, 2.24) is 0 Å². The Balaban J connectivity index is 1.99. The molecule has 1 aliphatic rings. The van der Waals surface area contributed by atoms with Crippen LogP contribution in [0.1, 0.15) is 28.6 Å². The molecule has 2 heteroatoms. The van der Waals surface area contributed by atoms with Crippen LogP contribution >= 0.6 is 0 Å². The van der Waals surface area contributed by atoms with Gasteiger partial charge in [-0.15, -0.1) is 0 Å². The zero-order valence-electron chi connectivity index (χ0n) is 9.77. The average Bonchev–Trinajstić information content (AvgIpc) is 2.74. The number of fused-ring (bicyclic) bond motifs is 1. The van der Waals surface area contributed by atoms with E-state index in [4.69, 9.17) is 4.42 Å². The van der Waals surface area contributed by atoms with Crippen LogP contribution in [0.25, 0.3) is 0 Å². The van der Waals surface area contributed by atoms with E-state index in [0.717, 1.165) is 24.2 Å². The van der Waals surface area contributed by atoms with Gasteiger partial charge in [-0.1, -0.05) is 30.3 Å². The fourth-order valence-electron chi connectivity index (χ4n) is 2.58. The van der Waals surface area contributed by atoms with Crippen molar-refractivity contribution in [3.8, 4) is 0 Å². The van der Waals surface area contributed by atoms with Gasteiger partial charge in [-0.05, 0) is 24.8 Å². The number of benzene rings is 1. The molecule has 2 aromatic rings. The molecule has 1 aromatic carbocycles. The fourth-order valence-corrected chi connectivity index (χ4v) is 2.58. The summed E-state index contributed by atoms with van der Waals surface area (Å²) in [5.74, 6) is 1.98. The van der Waals surface area contributed by atoms with Gasteiger partial charge >= 0.3 is 0 Å². The van der Waals surface area contributed by atoms with Crippen molar-refractivity contribution in [2.24, 2.45) is 0 Å². The lowest BCUT2D eigenvalue weighted by Gasteiger charge is -2.07. The standard InChI is InChI=1S/C15H14O2/c1-10-7-14(16)13-8-12(9-15(13)17-10)11-5-3-2-4-6-11/h2-7,12H,8-9H2,1H3. The zero-order valence-corrected chi connectivity index (χ0v) is 9.77. The summed E-state index contributed by atoms with van der Waals surface area (Å²) in [6.45, 7) is 1.83. The highest BCUT2D eigenvalue weighted by Crippen LogP contribution is 2.32. The maximum Gasteiger partial charge on any atom is 0.188 e. The summed E-state index contributed by atoms with van der Waals surface area (Å²) in [6, 6.07) is 11.9. The predicted molar refractivity (Wildman–Crippen MR) is 66.3 cm³/mol. The Morgan fingerprint density at radius 2 is 1.94 bits per heavy atom. The van der Waals surface area contributed by atoms with E-state index in [1.807, 2.05) is 25.1 Å². The topological polar surface area (TPSA) is 30.2 Å². The molecule has 0 spiro atoms. The van der Waals surface area contributed by atoms with Gasteiger partial charge in [0.05, 0.1) is 0 Å². The van der Waals surface area contributed by atoms with Crippen LogP contribution in [0.3, 0.4) is 0 Å². The highest BCUT2D eigenvalue weighted by atomic mass is 16.3. The molecule has 0 aliphatic heterocycles. The maximum absolute atomic E-state index is 11.8. The van der Waals surface area contributed by atoms with E-state index in [0.29, 0.717) is 11.7 Å². The summed E-state index contributed by atoms with van der Waals surface area (Å²) < 4.78 is 5.65. The van der Waals surface area contributed by atoms with Crippen LogP contribution in [0.4, 0.5) is 0 Å². The monoisotopic (exact) mass is 226 g/mol. The van der Waals surface area contributed by atoms with Gasteiger partial charge in [-0.2, -0.15) is 0 Å². The van der Waals surface area contributed by atoms with Crippen molar-refractivity contribution in [3.63, 3.8) is 0 Å². The van der Waals surface area contributed by atoms with Gasteiger partial charge in [0.15, 0.2) is 5.43 Å². The molecule has 0 amide bonds. The molecule has 1 heterocycles. The normalized spacial score (nSPS) is 18.1. The molecule has 0 saturated heterocycles. The molecule has 86 valence electrons. The summed E-state index contributed by atoms with van der Waals surface area (Å²) in [5, 5.41) is 0. The van der Waals surface area contributed by atoms with Crippen LogP contribution in [0.15, 0.2) is 45.6 Å². The van der Waals surface area contributed by atoms with Crippen LogP contribution in [-0.4, -0.2) is 0 Å². The Bertz CT molecular complexity index is 596. The molecule has 1 aromatic heterocycles. The molecule has 3 rings (SSSR count). The molecule has 0 saturated carbocycles. The smallest absolute Gasteiger partial charge is 0.188 e. The van der Waals surface area contributed by atoms with Gasteiger partial charge in [-0.25, -0.2) is 0 Å². The number of aryl methyl sites for hydroxylation is 1. The quantitative estimate of drug-likeness (QED) is 0.748. The summed E-state index contributed by atoms with van der Waals surface area (Å²) in [7, 11) is 0. The first kappa shape index (κ1) is 10.3. The van der Waals surface area contributed by atoms with E-state index >= 15 is 0 Å². The van der Waals surface area contributed by atoms with E-state index in [2.05, 4.69) is 12.1 Å². The number of hydrogen-bond donors (Lipinski definition) is 0. The first-order chi connectivity index (χ1) is 8.24. The van der Waals surface area contributed by atoms with Crippen molar-refractivity contribution >= 4 is 0 Å². The Hall–Kier alpha value is -1.83. The van der Waals surface area contributed by atoms with Crippen LogP contribution in [0.2, 0.25) is 0 Å². The summed E-state index contributed by atoms with van der Waals surface area (Å²) in [4.78, 5) is 11.8. The maximum atomic E-state index is 11.8. The Morgan fingerprint density at radius 1 is 1.18 bits per heavy atom. The molecule has 1 atom stereocenters. The SMILES string of the molecule is Cc1cc(=O)c2c(o1)CC(c1ccccc1)C2. The van der Waals surface area contributed by atoms with Crippen LogP contribution in [-0.2, 0) is 12.8 Å². The van der Waals surface area contributed by atoms with Crippen molar-refractivity contribution in [2.45, 2.75) is 25.7 Å². The van der Waals surface area contributed by atoms with Crippen molar-refractivity contribution in [3.05, 3.63) is 69.3 Å². The Kier molecular flexibility index (Phi) is 2.36. The van der Waals surface area contributed by atoms with Gasteiger partial charge < -0.3 is 4.42 Å². The summed E-state index contributed by atoms with van der Waals surface area (Å²) in [5.41, 5.74) is 2.28. The van der Waals surface area contributed by atoms with Gasteiger partial charge in [0.1, 0.15) is 11.5 Å². The minimum atomic E-state index is 0.127. The molecule has 1 unspecified atom stereocenters. The Morgan fingerprint density at radius 3 is 2.71 bits per heavy atom. The fraction of sp³-hybridized carbons (Fsp3) is 0.267. The largest absolute Gasteiger partial charge is 0.466 e. The molecule has 0 N–H and O–H groups in total. The molecule has 0 radical (unpaired) electrons. The third kappa shape index (κ3) is 1.80. The molecule has 0 fully saturated rings. The highest BCUT2D eigenvalue weighted by Gasteiger charge is 2.27. The minimum absolute atomic E-state index is 0.127. The number of rotatable bonds is 1. The highest BCUT2D eigenvalue weighted by molar-refractivity contribution is 5.32. The molecule has 17 heavy (non-hydrogen) atoms. The van der Waals surface area contributed by atoms with Gasteiger partial charge in [-0.3, -0.25) is 4.79 Å². The van der Waals surface area contributed by atoms with Crippen molar-refractivity contribution in [2.75, 3.05) is 0 Å². The van der Waals surface area contributed by atoms with E-state index in [-0.39, 0.29) is 5.43 Å². The van der Waals surface area contributed by atoms with Gasteiger partial charge in [0.25, 0.3) is 0 Å². The van der Waals surface area contributed by atoms with E-state index in [1.165, 1.54) is 5.56 Å². The number of hydrogen-bond acceptors (Lipinski definition) is 2. The van der Waals surface area contributed by atoms with E-state index in [1.54, 1.807) is 6.07 Å². The van der Waals surface area contributed by atoms with Crippen molar-refractivity contribution < 1.29 is 4.42 Å². The lowest BCUT2D eigenvalue weighted by atomic mass is 9.97. The lowest BCUT2D eigenvalue weighted by Crippen LogP contribution is -2.07. The van der Waals surface area contributed by atoms with E-state index < -0.39 is 0 Å². The first-order valence-corrected chi connectivity index (χ1v) is 5.91. The minimum Gasteiger partial charge on any atom is -0.466 e. The zero-order chi connectivity index (χ0) is 11.8. The summed E-state index contributed by atoms with van der Waals surface area (Å²) >= 11 is 0. The second kappa shape index (κ2) is 3.88. The molecule has 2 nitrogen and oxygen atoms in total. The molecular formula is C15H14O2. The van der Waals surface area contributed by atoms with Crippen molar-refractivity contribution in [1.29, 1.82) is 0 Å². The molecular weight excluding hydrogens is 212 g/mol. The van der Waals surface area contributed by atoms with Crippen LogP contribution in [0.5, 0.6) is 0 Å². The third-order valence-electron chi connectivity index (χ3n) is 3.41. The molecule has 1 aliphatic carbocycles.